The number of amides is 2. The number of likely N-dealkylation sites (N-methyl/N-ethyl adjacent to an activating group) is 1. The van der Waals surface area contributed by atoms with Crippen LogP contribution in [0.15, 0.2) is 48.5 Å². The summed E-state index contributed by atoms with van der Waals surface area (Å²) in [5.41, 5.74) is 3.27. The molecule has 1 fully saturated rings. The smallest absolute Gasteiger partial charge is 0.248 e. The molecule has 6 nitrogen and oxygen atoms in total. The summed E-state index contributed by atoms with van der Waals surface area (Å²) in [6.45, 7) is 8.51. The first kappa shape index (κ1) is 21.9. The fourth-order valence-corrected chi connectivity index (χ4v) is 3.59. The zero-order valence-electron chi connectivity index (χ0n) is 17.3. The van der Waals surface area contributed by atoms with Crippen molar-refractivity contribution in [1.29, 1.82) is 0 Å². The highest BCUT2D eigenvalue weighted by molar-refractivity contribution is 6.31. The minimum Gasteiger partial charge on any atom is -0.367 e. The number of anilines is 3. The quantitative estimate of drug-likeness (QED) is 0.683. The average molecular weight is 427 g/mol. The fourth-order valence-electron chi connectivity index (χ4n) is 3.42. The van der Waals surface area contributed by atoms with E-state index in [1.807, 2.05) is 24.3 Å². The predicted molar refractivity (Wildman–Crippen MR) is 124 cm³/mol. The molecule has 0 radical (unpaired) electrons. The highest BCUT2D eigenvalue weighted by Crippen LogP contribution is 2.30. The molecule has 1 aliphatic rings. The predicted octanol–water partition coefficient (Wildman–Crippen LogP) is 4.09. The van der Waals surface area contributed by atoms with E-state index >= 15 is 0 Å². The molecule has 30 heavy (non-hydrogen) atoms. The van der Waals surface area contributed by atoms with Crippen LogP contribution in [0, 0.1) is 0 Å². The first-order chi connectivity index (χ1) is 14.4. The Labute approximate surface area is 182 Å². The Bertz CT molecular complexity index is 919. The van der Waals surface area contributed by atoms with Crippen molar-refractivity contribution in [1.82, 2.24) is 4.90 Å². The number of nitrogens with zero attached hydrogens (tertiary/aromatic N) is 2. The molecule has 7 heteroatoms. The van der Waals surface area contributed by atoms with Crippen molar-refractivity contribution in [2.24, 2.45) is 0 Å². The second-order valence-corrected chi connectivity index (χ2v) is 7.64. The third kappa shape index (κ3) is 6.08. The molecule has 2 aromatic rings. The van der Waals surface area contributed by atoms with Gasteiger partial charge in [-0.3, -0.25) is 9.59 Å². The van der Waals surface area contributed by atoms with E-state index in [0.717, 1.165) is 49.7 Å². The van der Waals surface area contributed by atoms with E-state index in [-0.39, 0.29) is 11.8 Å². The van der Waals surface area contributed by atoms with Crippen molar-refractivity contribution in [3.63, 3.8) is 0 Å². The molecule has 2 N–H and O–H groups in total. The number of carbonyl (C=O) groups is 2. The molecule has 0 spiro atoms. The van der Waals surface area contributed by atoms with E-state index in [9.17, 15) is 9.59 Å². The van der Waals surface area contributed by atoms with Crippen molar-refractivity contribution in [3.05, 3.63) is 59.1 Å². The lowest BCUT2D eigenvalue weighted by molar-refractivity contribution is -0.114. The highest BCUT2D eigenvalue weighted by Gasteiger charge is 2.19. The summed E-state index contributed by atoms with van der Waals surface area (Å²) in [6, 6.07) is 12.9. The van der Waals surface area contributed by atoms with Gasteiger partial charge in [-0.2, -0.15) is 0 Å². The van der Waals surface area contributed by atoms with Crippen LogP contribution in [0.3, 0.4) is 0 Å². The van der Waals surface area contributed by atoms with Crippen LogP contribution in [0.4, 0.5) is 17.1 Å². The van der Waals surface area contributed by atoms with E-state index in [4.69, 9.17) is 11.6 Å². The minimum absolute atomic E-state index is 0.119. The van der Waals surface area contributed by atoms with Gasteiger partial charge in [-0.1, -0.05) is 30.7 Å². The number of hydrogen-bond donors (Lipinski definition) is 2. The van der Waals surface area contributed by atoms with Gasteiger partial charge in [0.25, 0.3) is 0 Å². The summed E-state index contributed by atoms with van der Waals surface area (Å²) in [6.07, 6.45) is 3.23. The van der Waals surface area contributed by atoms with Crippen LogP contribution in [0.25, 0.3) is 6.08 Å². The molecule has 2 amide bonds. The lowest BCUT2D eigenvalue weighted by Gasteiger charge is -2.36. The van der Waals surface area contributed by atoms with Gasteiger partial charge in [0.2, 0.25) is 11.8 Å². The minimum atomic E-state index is -0.225. The summed E-state index contributed by atoms with van der Waals surface area (Å²) in [5, 5.41) is 6.26. The van der Waals surface area contributed by atoms with Crippen LogP contribution in [0.2, 0.25) is 5.02 Å². The maximum atomic E-state index is 12.5. The standard InChI is InChI=1S/C23H27ClN4O2/c1-3-27-12-14-28(15-13-27)22-10-7-19(24)16-21(22)26-23(30)11-6-18-4-8-20(9-5-18)25-17(2)29/h4-11,16H,3,12-15H2,1-2H3,(H,25,29)(H,26,30). The Morgan fingerprint density at radius 3 is 2.37 bits per heavy atom. The van der Waals surface area contributed by atoms with E-state index in [1.165, 1.54) is 13.0 Å². The second kappa shape index (κ2) is 10.3. The molecular formula is C23H27ClN4O2. The molecule has 0 atom stereocenters. The Morgan fingerprint density at radius 1 is 1.03 bits per heavy atom. The molecular weight excluding hydrogens is 400 g/mol. The second-order valence-electron chi connectivity index (χ2n) is 7.21. The van der Waals surface area contributed by atoms with Gasteiger partial charge in [0.05, 0.1) is 11.4 Å². The van der Waals surface area contributed by atoms with Gasteiger partial charge in [-0.05, 0) is 48.5 Å². The zero-order valence-corrected chi connectivity index (χ0v) is 18.1. The van der Waals surface area contributed by atoms with E-state index in [2.05, 4.69) is 27.4 Å². The van der Waals surface area contributed by atoms with Gasteiger partial charge >= 0.3 is 0 Å². The van der Waals surface area contributed by atoms with Gasteiger partial charge in [0.15, 0.2) is 0 Å². The molecule has 1 aliphatic heterocycles. The topological polar surface area (TPSA) is 64.7 Å². The monoisotopic (exact) mass is 426 g/mol. The third-order valence-electron chi connectivity index (χ3n) is 5.03. The Kier molecular flexibility index (Phi) is 7.49. The molecule has 2 aromatic carbocycles. The van der Waals surface area contributed by atoms with Crippen molar-refractivity contribution in [3.8, 4) is 0 Å². The third-order valence-corrected chi connectivity index (χ3v) is 5.27. The molecule has 0 unspecified atom stereocenters. The molecule has 0 saturated carbocycles. The van der Waals surface area contributed by atoms with Crippen LogP contribution >= 0.6 is 11.6 Å². The van der Waals surface area contributed by atoms with Gasteiger partial charge in [0.1, 0.15) is 0 Å². The Hall–Kier alpha value is -2.83. The number of piperazine rings is 1. The van der Waals surface area contributed by atoms with Crippen LogP contribution in [-0.2, 0) is 9.59 Å². The number of nitrogens with one attached hydrogen (secondary N) is 2. The van der Waals surface area contributed by atoms with Crippen LogP contribution in [0.5, 0.6) is 0 Å². The van der Waals surface area contributed by atoms with Gasteiger partial charge in [0, 0.05) is 49.9 Å². The van der Waals surface area contributed by atoms with Crippen molar-refractivity contribution >= 4 is 46.6 Å². The summed E-state index contributed by atoms with van der Waals surface area (Å²) in [5.74, 6) is -0.345. The molecule has 3 rings (SSSR count). The number of carbonyl (C=O) groups excluding carboxylic acids is 2. The number of hydrogen-bond acceptors (Lipinski definition) is 4. The fraction of sp³-hybridized carbons (Fsp3) is 0.304. The van der Waals surface area contributed by atoms with Crippen LogP contribution < -0.4 is 15.5 Å². The average Bonchev–Trinajstić information content (AvgIpc) is 2.73. The molecule has 1 saturated heterocycles. The summed E-state index contributed by atoms with van der Waals surface area (Å²) >= 11 is 6.18. The number of halogens is 1. The van der Waals surface area contributed by atoms with Gasteiger partial charge < -0.3 is 20.4 Å². The molecule has 0 aromatic heterocycles. The number of benzene rings is 2. The van der Waals surface area contributed by atoms with Gasteiger partial charge in [-0.15, -0.1) is 0 Å². The zero-order chi connectivity index (χ0) is 21.5. The first-order valence-electron chi connectivity index (χ1n) is 10.1. The SMILES string of the molecule is CCN1CCN(c2ccc(Cl)cc2NC(=O)C=Cc2ccc(NC(C)=O)cc2)CC1. The van der Waals surface area contributed by atoms with E-state index < -0.39 is 0 Å². The lowest BCUT2D eigenvalue weighted by atomic mass is 10.2. The molecule has 0 aliphatic carbocycles. The summed E-state index contributed by atoms with van der Waals surface area (Å²) < 4.78 is 0. The Balaban J connectivity index is 1.66. The largest absolute Gasteiger partial charge is 0.367 e. The Morgan fingerprint density at radius 2 is 1.73 bits per heavy atom. The lowest BCUT2D eigenvalue weighted by Crippen LogP contribution is -2.46. The molecule has 0 bridgehead atoms. The molecule has 158 valence electrons. The first-order valence-corrected chi connectivity index (χ1v) is 10.5. The maximum Gasteiger partial charge on any atom is 0.248 e. The summed E-state index contributed by atoms with van der Waals surface area (Å²) in [4.78, 5) is 28.3. The van der Waals surface area contributed by atoms with Crippen molar-refractivity contribution in [2.75, 3.05) is 48.3 Å². The van der Waals surface area contributed by atoms with Crippen molar-refractivity contribution < 1.29 is 9.59 Å². The van der Waals surface area contributed by atoms with E-state index in [1.54, 1.807) is 24.3 Å². The van der Waals surface area contributed by atoms with Gasteiger partial charge in [-0.25, -0.2) is 0 Å². The maximum absolute atomic E-state index is 12.5. The van der Waals surface area contributed by atoms with E-state index in [0.29, 0.717) is 10.7 Å². The van der Waals surface area contributed by atoms with Crippen LogP contribution in [0.1, 0.15) is 19.4 Å². The summed E-state index contributed by atoms with van der Waals surface area (Å²) in [7, 11) is 0. The molecule has 1 heterocycles. The normalized spacial score (nSPS) is 14.7. The number of rotatable bonds is 6. The van der Waals surface area contributed by atoms with Crippen LogP contribution in [-0.4, -0.2) is 49.4 Å². The highest BCUT2D eigenvalue weighted by atomic mass is 35.5. The van der Waals surface area contributed by atoms with Crippen molar-refractivity contribution in [2.45, 2.75) is 13.8 Å².